The second-order valence-electron chi connectivity index (χ2n) is 3.06. The highest BCUT2D eigenvalue weighted by molar-refractivity contribution is 6.58. The van der Waals surface area contributed by atoms with Gasteiger partial charge in [0.25, 0.3) is 0 Å². The van der Waals surface area contributed by atoms with E-state index >= 15 is 0 Å². The molecular weight excluding hydrogens is 179 g/mol. The number of para-hydroxylation sites is 2. The van der Waals surface area contributed by atoms with Gasteiger partial charge >= 0.3 is 7.12 Å². The van der Waals surface area contributed by atoms with Crippen molar-refractivity contribution in [3.05, 3.63) is 30.0 Å². The molecule has 0 aliphatic heterocycles. The van der Waals surface area contributed by atoms with E-state index in [-0.39, 0.29) is 5.59 Å². The zero-order chi connectivity index (χ0) is 10.1. The molecule has 0 radical (unpaired) electrons. The first-order valence-electron chi connectivity index (χ1n) is 4.28. The highest BCUT2D eigenvalue weighted by atomic mass is 16.4. The summed E-state index contributed by atoms with van der Waals surface area (Å²) >= 11 is 0. The van der Waals surface area contributed by atoms with Crippen LogP contribution in [0.3, 0.4) is 0 Å². The van der Waals surface area contributed by atoms with E-state index in [1.54, 1.807) is 13.0 Å². The van der Waals surface area contributed by atoms with Crippen LogP contribution < -0.4 is 5.59 Å². The monoisotopic (exact) mass is 188 g/mol. The lowest BCUT2D eigenvalue weighted by Crippen LogP contribution is -2.35. The second-order valence-corrected chi connectivity index (χ2v) is 3.06. The second kappa shape index (κ2) is 3.36. The number of aryl methyl sites for hydroxylation is 1. The normalized spacial score (nSPS) is 10.5. The molecule has 2 N–H and O–H groups in total. The zero-order valence-electron chi connectivity index (χ0n) is 7.68. The zero-order valence-corrected chi connectivity index (χ0v) is 7.68. The Morgan fingerprint density at radius 2 is 1.64 bits per heavy atom. The molecule has 0 atom stereocenters. The smallest absolute Gasteiger partial charge is 0.422 e. The third-order valence-electron chi connectivity index (χ3n) is 2.03. The van der Waals surface area contributed by atoms with Crippen molar-refractivity contribution in [2.75, 3.05) is 0 Å². The Morgan fingerprint density at radius 1 is 1.07 bits per heavy atom. The molecule has 1 aromatic carbocycles. The van der Waals surface area contributed by atoms with Gasteiger partial charge in [0.05, 0.1) is 22.3 Å². The molecule has 2 aromatic rings. The van der Waals surface area contributed by atoms with E-state index in [4.69, 9.17) is 10.0 Å². The predicted octanol–water partition coefficient (Wildman–Crippen LogP) is -0.382. The molecule has 0 amide bonds. The third-order valence-corrected chi connectivity index (χ3v) is 2.03. The number of hydrogen-bond acceptors (Lipinski definition) is 4. The highest BCUT2D eigenvalue weighted by Gasteiger charge is 2.17. The molecule has 0 saturated carbocycles. The minimum absolute atomic E-state index is 0.212. The van der Waals surface area contributed by atoms with Gasteiger partial charge in [-0.25, -0.2) is 0 Å². The Bertz CT molecular complexity index is 473. The molecule has 0 bridgehead atoms. The largest absolute Gasteiger partial charge is 0.510 e. The number of fused-ring (bicyclic) bond motifs is 1. The van der Waals surface area contributed by atoms with Crippen LogP contribution in [-0.4, -0.2) is 27.1 Å². The molecule has 0 aliphatic carbocycles. The van der Waals surface area contributed by atoms with E-state index in [9.17, 15) is 0 Å². The fourth-order valence-electron chi connectivity index (χ4n) is 1.35. The van der Waals surface area contributed by atoms with E-state index in [1.165, 1.54) is 0 Å². The Hall–Kier alpha value is -1.46. The van der Waals surface area contributed by atoms with Crippen LogP contribution in [0, 0.1) is 6.92 Å². The van der Waals surface area contributed by atoms with Crippen molar-refractivity contribution in [3.63, 3.8) is 0 Å². The molecule has 0 fully saturated rings. The maximum atomic E-state index is 9.02. The Kier molecular flexibility index (Phi) is 2.19. The molecule has 2 rings (SSSR count). The molecular formula is C9H9BN2O2. The lowest BCUT2D eigenvalue weighted by atomic mass is 9.84. The lowest BCUT2D eigenvalue weighted by Gasteiger charge is -2.04. The number of aromatic nitrogens is 2. The van der Waals surface area contributed by atoms with Crippen LogP contribution in [0.4, 0.5) is 0 Å². The molecule has 1 aromatic heterocycles. The van der Waals surface area contributed by atoms with Crippen molar-refractivity contribution in [3.8, 4) is 0 Å². The number of rotatable bonds is 1. The van der Waals surface area contributed by atoms with Crippen LogP contribution in [0.5, 0.6) is 0 Å². The number of hydrogen-bond donors (Lipinski definition) is 2. The molecule has 14 heavy (non-hydrogen) atoms. The van der Waals surface area contributed by atoms with E-state index < -0.39 is 7.12 Å². The average Bonchev–Trinajstić information content (AvgIpc) is 2.16. The molecule has 5 heteroatoms. The first-order chi connectivity index (χ1) is 6.68. The van der Waals surface area contributed by atoms with Gasteiger partial charge in [-0.1, -0.05) is 12.1 Å². The Labute approximate surface area is 81.4 Å². The molecule has 0 saturated heterocycles. The molecule has 70 valence electrons. The molecule has 0 aliphatic rings. The SMILES string of the molecule is Cc1nc2ccccc2nc1B(O)O. The summed E-state index contributed by atoms with van der Waals surface area (Å²) in [6.07, 6.45) is 0. The van der Waals surface area contributed by atoms with Crippen LogP contribution >= 0.6 is 0 Å². The van der Waals surface area contributed by atoms with Crippen LogP contribution in [0.2, 0.25) is 0 Å². The van der Waals surface area contributed by atoms with Crippen molar-refractivity contribution in [2.45, 2.75) is 6.92 Å². The quantitative estimate of drug-likeness (QED) is 0.598. The highest BCUT2D eigenvalue weighted by Crippen LogP contribution is 2.06. The van der Waals surface area contributed by atoms with Gasteiger partial charge < -0.3 is 10.0 Å². The Morgan fingerprint density at radius 3 is 2.21 bits per heavy atom. The van der Waals surface area contributed by atoms with Gasteiger partial charge in [-0.3, -0.25) is 9.97 Å². The van der Waals surface area contributed by atoms with Gasteiger partial charge in [-0.2, -0.15) is 0 Å². The predicted molar refractivity (Wildman–Crippen MR) is 54.1 cm³/mol. The minimum Gasteiger partial charge on any atom is -0.422 e. The van der Waals surface area contributed by atoms with Gasteiger partial charge in [0.1, 0.15) is 0 Å². The molecule has 4 nitrogen and oxygen atoms in total. The summed E-state index contributed by atoms with van der Waals surface area (Å²) in [5.41, 5.74) is 2.18. The number of benzene rings is 1. The fraction of sp³-hybridized carbons (Fsp3) is 0.111. The van der Waals surface area contributed by atoms with E-state index in [2.05, 4.69) is 9.97 Å². The first kappa shape index (κ1) is 9.11. The minimum atomic E-state index is -1.56. The lowest BCUT2D eigenvalue weighted by molar-refractivity contribution is 0.424. The van der Waals surface area contributed by atoms with E-state index in [0.29, 0.717) is 11.2 Å². The van der Waals surface area contributed by atoms with Gasteiger partial charge in [0.2, 0.25) is 0 Å². The van der Waals surface area contributed by atoms with Gasteiger partial charge in [-0.15, -0.1) is 0 Å². The van der Waals surface area contributed by atoms with Crippen LogP contribution in [0.15, 0.2) is 24.3 Å². The van der Waals surface area contributed by atoms with Crippen LogP contribution in [0.1, 0.15) is 5.69 Å². The van der Waals surface area contributed by atoms with Crippen molar-refractivity contribution in [1.82, 2.24) is 9.97 Å². The summed E-state index contributed by atoms with van der Waals surface area (Å²) in [5.74, 6) is 0. The van der Waals surface area contributed by atoms with Crippen LogP contribution in [0.25, 0.3) is 11.0 Å². The maximum Gasteiger partial charge on any atom is 0.510 e. The van der Waals surface area contributed by atoms with Crippen molar-refractivity contribution >= 4 is 23.7 Å². The Balaban J connectivity index is 2.71. The van der Waals surface area contributed by atoms with Crippen molar-refractivity contribution in [2.24, 2.45) is 0 Å². The summed E-state index contributed by atoms with van der Waals surface area (Å²) in [6, 6.07) is 7.32. The third kappa shape index (κ3) is 1.47. The van der Waals surface area contributed by atoms with E-state index in [1.807, 2.05) is 18.2 Å². The van der Waals surface area contributed by atoms with Gasteiger partial charge in [0, 0.05) is 0 Å². The van der Waals surface area contributed by atoms with Crippen LogP contribution in [-0.2, 0) is 0 Å². The summed E-state index contributed by atoms with van der Waals surface area (Å²) in [6.45, 7) is 1.70. The summed E-state index contributed by atoms with van der Waals surface area (Å²) in [5, 5.41) is 18.0. The number of nitrogens with zero attached hydrogens (tertiary/aromatic N) is 2. The van der Waals surface area contributed by atoms with E-state index in [0.717, 1.165) is 5.52 Å². The molecule has 0 unspecified atom stereocenters. The fourth-order valence-corrected chi connectivity index (χ4v) is 1.35. The molecule has 0 spiro atoms. The maximum absolute atomic E-state index is 9.02. The summed E-state index contributed by atoms with van der Waals surface area (Å²) in [7, 11) is -1.56. The topological polar surface area (TPSA) is 66.2 Å². The standard InChI is InChI=1S/C9H9BN2O2/c1-6-9(10(13)14)12-8-5-3-2-4-7(8)11-6/h2-5,13-14H,1H3. The van der Waals surface area contributed by atoms with Gasteiger partial charge in [-0.05, 0) is 19.1 Å². The molecule has 1 heterocycles. The van der Waals surface area contributed by atoms with Gasteiger partial charge in [0.15, 0.2) is 0 Å². The summed E-state index contributed by atoms with van der Waals surface area (Å²) in [4.78, 5) is 8.33. The van der Waals surface area contributed by atoms with Crippen molar-refractivity contribution < 1.29 is 10.0 Å². The van der Waals surface area contributed by atoms with Crippen molar-refractivity contribution in [1.29, 1.82) is 0 Å². The first-order valence-corrected chi connectivity index (χ1v) is 4.28. The average molecular weight is 188 g/mol. The summed E-state index contributed by atoms with van der Waals surface area (Å²) < 4.78 is 0.